The molecule has 170 valence electrons. The maximum absolute atomic E-state index is 13.1. The van der Waals surface area contributed by atoms with E-state index in [1.54, 1.807) is 26.4 Å². The first-order chi connectivity index (χ1) is 15.3. The topological polar surface area (TPSA) is 110 Å². The Morgan fingerprint density at radius 3 is 2.62 bits per heavy atom. The molecule has 1 aliphatic rings. The van der Waals surface area contributed by atoms with Gasteiger partial charge in [-0.1, -0.05) is 17.3 Å². The molecule has 1 N–H and O–H groups in total. The summed E-state index contributed by atoms with van der Waals surface area (Å²) in [5, 5.41) is 6.80. The number of benzene rings is 1. The van der Waals surface area contributed by atoms with Gasteiger partial charge in [-0.05, 0) is 51.3 Å². The third-order valence-corrected chi connectivity index (χ3v) is 7.99. The summed E-state index contributed by atoms with van der Waals surface area (Å²) in [5.41, 5.74) is 2.29. The number of hydrogen-bond donors (Lipinski definition) is 1. The highest BCUT2D eigenvalue weighted by Crippen LogP contribution is 2.28. The molecule has 1 amide bonds. The fourth-order valence-corrected chi connectivity index (χ4v) is 5.92. The Morgan fingerprint density at radius 1 is 1.25 bits per heavy atom. The van der Waals surface area contributed by atoms with E-state index in [2.05, 4.69) is 15.5 Å². The predicted molar refractivity (Wildman–Crippen MR) is 118 cm³/mol. The average molecular weight is 458 g/mol. The standard InChI is InChI=1S/C22H27N5O4S/c1-15(18-6-8-20(9-7-18)26-12-10-23-14-26)24-22(28)19-5-4-11-27(13-19)32(29,30)21-16(2)25-31-17(21)3/h6-10,12,14-15,19H,4-5,11,13H2,1-3H3,(H,24,28)/t15-,19-/m0/s1. The van der Waals surface area contributed by atoms with Gasteiger partial charge in [0.15, 0.2) is 5.76 Å². The molecule has 10 heteroatoms. The van der Waals surface area contributed by atoms with Crippen LogP contribution < -0.4 is 5.32 Å². The van der Waals surface area contributed by atoms with Crippen molar-refractivity contribution in [2.45, 2.75) is 44.6 Å². The van der Waals surface area contributed by atoms with Crippen molar-refractivity contribution in [3.8, 4) is 5.69 Å². The Hall–Kier alpha value is -2.98. The molecule has 0 bridgehead atoms. The van der Waals surface area contributed by atoms with Gasteiger partial charge in [0.05, 0.1) is 18.3 Å². The highest BCUT2D eigenvalue weighted by atomic mass is 32.2. The van der Waals surface area contributed by atoms with Crippen LogP contribution in [0.1, 0.15) is 42.8 Å². The largest absolute Gasteiger partial charge is 0.360 e. The van der Waals surface area contributed by atoms with E-state index in [1.165, 1.54) is 4.31 Å². The minimum atomic E-state index is -3.76. The lowest BCUT2D eigenvalue weighted by Crippen LogP contribution is -2.46. The second kappa shape index (κ2) is 8.87. The molecule has 3 heterocycles. The molecule has 1 aliphatic heterocycles. The number of aromatic nitrogens is 3. The third kappa shape index (κ3) is 4.33. The van der Waals surface area contributed by atoms with Crippen molar-refractivity contribution in [3.63, 3.8) is 0 Å². The van der Waals surface area contributed by atoms with Crippen molar-refractivity contribution in [1.82, 2.24) is 24.3 Å². The smallest absolute Gasteiger partial charge is 0.248 e. The SMILES string of the molecule is Cc1noc(C)c1S(=O)(=O)N1CCC[C@H](C(=O)N[C@@H](C)c2ccc(-n3ccnc3)cc2)C1. The first kappa shape index (κ1) is 22.2. The highest BCUT2D eigenvalue weighted by Gasteiger charge is 2.36. The zero-order chi connectivity index (χ0) is 22.9. The van der Waals surface area contributed by atoms with Gasteiger partial charge in [-0.15, -0.1) is 0 Å². The Labute approximate surface area is 187 Å². The Balaban J connectivity index is 1.42. The van der Waals surface area contributed by atoms with Crippen molar-refractivity contribution >= 4 is 15.9 Å². The summed E-state index contributed by atoms with van der Waals surface area (Å²) in [6.45, 7) is 5.63. The molecule has 1 fully saturated rings. The minimum absolute atomic E-state index is 0.102. The summed E-state index contributed by atoms with van der Waals surface area (Å²) in [4.78, 5) is 17.1. The van der Waals surface area contributed by atoms with Crippen LogP contribution in [0.2, 0.25) is 0 Å². The van der Waals surface area contributed by atoms with Crippen molar-refractivity contribution in [2.24, 2.45) is 5.92 Å². The number of piperidine rings is 1. The van der Waals surface area contributed by atoms with E-state index in [0.717, 1.165) is 11.3 Å². The van der Waals surface area contributed by atoms with Crippen LogP contribution in [0.25, 0.3) is 5.69 Å². The minimum Gasteiger partial charge on any atom is -0.360 e. The maximum Gasteiger partial charge on any atom is 0.248 e. The summed E-state index contributed by atoms with van der Waals surface area (Å²) >= 11 is 0. The van der Waals surface area contributed by atoms with Crippen molar-refractivity contribution in [2.75, 3.05) is 13.1 Å². The molecule has 4 rings (SSSR count). The highest BCUT2D eigenvalue weighted by molar-refractivity contribution is 7.89. The number of amides is 1. The van der Waals surface area contributed by atoms with E-state index < -0.39 is 15.9 Å². The van der Waals surface area contributed by atoms with Crippen LogP contribution in [0, 0.1) is 19.8 Å². The molecular weight excluding hydrogens is 430 g/mol. The summed E-state index contributed by atoms with van der Waals surface area (Å²) in [6.07, 6.45) is 6.58. The fourth-order valence-electron chi connectivity index (χ4n) is 4.11. The number of imidazole rings is 1. The van der Waals surface area contributed by atoms with Gasteiger partial charge in [0.2, 0.25) is 15.9 Å². The van der Waals surface area contributed by atoms with E-state index in [0.29, 0.717) is 25.1 Å². The predicted octanol–water partition coefficient (Wildman–Crippen LogP) is 2.76. The molecule has 9 nitrogen and oxygen atoms in total. The Kier molecular flexibility index (Phi) is 6.16. The summed E-state index contributed by atoms with van der Waals surface area (Å²) in [5.74, 6) is -0.289. The number of nitrogens with one attached hydrogen (secondary N) is 1. The molecule has 0 spiro atoms. The molecule has 1 aromatic carbocycles. The number of hydrogen-bond acceptors (Lipinski definition) is 6. The van der Waals surface area contributed by atoms with Crippen LogP contribution in [0.15, 0.2) is 52.4 Å². The first-order valence-electron chi connectivity index (χ1n) is 10.6. The normalized spacial score (nSPS) is 18.4. The van der Waals surface area contributed by atoms with Gasteiger partial charge in [0.25, 0.3) is 0 Å². The van der Waals surface area contributed by atoms with Crippen LogP contribution in [-0.4, -0.2) is 46.4 Å². The van der Waals surface area contributed by atoms with E-state index in [-0.39, 0.29) is 29.1 Å². The lowest BCUT2D eigenvalue weighted by Gasteiger charge is -2.31. The Morgan fingerprint density at radius 2 is 2.00 bits per heavy atom. The second-order valence-electron chi connectivity index (χ2n) is 8.15. The maximum atomic E-state index is 13.1. The monoisotopic (exact) mass is 457 g/mol. The summed E-state index contributed by atoms with van der Waals surface area (Å²) < 4.78 is 34.6. The quantitative estimate of drug-likeness (QED) is 0.609. The molecule has 0 saturated carbocycles. The second-order valence-corrected chi connectivity index (χ2v) is 10.0. The van der Waals surface area contributed by atoms with Gasteiger partial charge >= 0.3 is 0 Å². The van der Waals surface area contributed by atoms with Crippen molar-refractivity contribution in [3.05, 3.63) is 60.0 Å². The number of aryl methyl sites for hydroxylation is 2. The summed E-state index contributed by atoms with van der Waals surface area (Å²) in [7, 11) is -3.76. The van der Waals surface area contributed by atoms with Crippen molar-refractivity contribution in [1.29, 1.82) is 0 Å². The van der Waals surface area contributed by atoms with Crippen LogP contribution in [0.4, 0.5) is 0 Å². The molecule has 2 aromatic heterocycles. The van der Waals surface area contributed by atoms with E-state index in [9.17, 15) is 13.2 Å². The third-order valence-electron chi connectivity index (χ3n) is 5.88. The number of sulfonamides is 1. The Bertz CT molecular complexity index is 1170. The van der Waals surface area contributed by atoms with Crippen LogP contribution in [-0.2, 0) is 14.8 Å². The molecule has 0 aliphatic carbocycles. The van der Waals surface area contributed by atoms with Gasteiger partial charge in [0.1, 0.15) is 10.6 Å². The molecule has 0 radical (unpaired) electrons. The molecule has 2 atom stereocenters. The van der Waals surface area contributed by atoms with Crippen LogP contribution in [0.5, 0.6) is 0 Å². The molecule has 1 saturated heterocycles. The zero-order valence-electron chi connectivity index (χ0n) is 18.4. The number of rotatable bonds is 6. The fraction of sp³-hybridized carbons (Fsp3) is 0.409. The lowest BCUT2D eigenvalue weighted by atomic mass is 9.98. The van der Waals surface area contributed by atoms with Crippen molar-refractivity contribution < 1.29 is 17.7 Å². The van der Waals surface area contributed by atoms with Gasteiger partial charge < -0.3 is 14.4 Å². The van der Waals surface area contributed by atoms with Crippen LogP contribution in [0.3, 0.4) is 0 Å². The average Bonchev–Trinajstić information content (AvgIpc) is 3.44. The molecular formula is C22H27N5O4S. The number of carbonyl (C=O) groups excluding carboxylic acids is 1. The molecule has 3 aromatic rings. The number of nitrogens with zero attached hydrogens (tertiary/aromatic N) is 4. The molecule has 32 heavy (non-hydrogen) atoms. The van der Waals surface area contributed by atoms with E-state index >= 15 is 0 Å². The lowest BCUT2D eigenvalue weighted by molar-refractivity contribution is -0.126. The van der Waals surface area contributed by atoms with E-state index in [1.807, 2.05) is 42.0 Å². The van der Waals surface area contributed by atoms with Crippen LogP contribution >= 0.6 is 0 Å². The number of carbonyl (C=O) groups is 1. The first-order valence-corrected chi connectivity index (χ1v) is 12.0. The van der Waals surface area contributed by atoms with Gasteiger partial charge in [-0.2, -0.15) is 4.31 Å². The molecule has 0 unspecified atom stereocenters. The van der Waals surface area contributed by atoms with E-state index in [4.69, 9.17) is 4.52 Å². The van der Waals surface area contributed by atoms with Gasteiger partial charge in [-0.25, -0.2) is 13.4 Å². The van der Waals surface area contributed by atoms with Gasteiger partial charge in [0, 0.05) is 31.2 Å². The van der Waals surface area contributed by atoms with Gasteiger partial charge in [-0.3, -0.25) is 4.79 Å². The summed E-state index contributed by atoms with van der Waals surface area (Å²) in [6, 6.07) is 7.68. The zero-order valence-corrected chi connectivity index (χ0v) is 19.2.